The van der Waals surface area contributed by atoms with Crippen molar-refractivity contribution in [3.05, 3.63) is 41.0 Å². The first-order valence-electron chi connectivity index (χ1n) is 10.0. The normalized spacial score (nSPS) is 19.7. The van der Waals surface area contributed by atoms with Gasteiger partial charge in [0.25, 0.3) is 0 Å². The summed E-state index contributed by atoms with van der Waals surface area (Å²) < 4.78 is 0. The van der Waals surface area contributed by atoms with E-state index in [9.17, 15) is 4.79 Å². The van der Waals surface area contributed by atoms with Crippen molar-refractivity contribution < 1.29 is 4.79 Å². The number of hydrogen-bond acceptors (Lipinski definition) is 5. The number of likely N-dealkylation sites (tertiary alicyclic amines) is 1. The maximum atomic E-state index is 13.5. The Morgan fingerprint density at radius 3 is 2.75 bits per heavy atom. The molecule has 0 atom stereocenters. The summed E-state index contributed by atoms with van der Waals surface area (Å²) >= 11 is 1.64. The molecule has 0 aliphatic carbocycles. The second-order valence-corrected chi connectivity index (χ2v) is 9.22. The fourth-order valence-electron chi connectivity index (χ4n) is 4.77. The number of para-hydroxylation sites is 1. The van der Waals surface area contributed by atoms with E-state index in [1.165, 1.54) is 10.9 Å². The first-order chi connectivity index (χ1) is 13.6. The van der Waals surface area contributed by atoms with Crippen LogP contribution in [0.4, 0.5) is 5.13 Å². The summed E-state index contributed by atoms with van der Waals surface area (Å²) in [6.07, 6.45) is 5.98. The van der Waals surface area contributed by atoms with E-state index in [4.69, 9.17) is 0 Å². The molecule has 146 valence electrons. The van der Waals surface area contributed by atoms with Crippen molar-refractivity contribution >= 4 is 33.3 Å². The average Bonchev–Trinajstić information content (AvgIpc) is 3.33. The number of anilines is 1. The minimum atomic E-state index is -0.194. The van der Waals surface area contributed by atoms with Crippen molar-refractivity contribution in [1.29, 1.82) is 0 Å². The number of benzene rings is 1. The van der Waals surface area contributed by atoms with Gasteiger partial charge in [0.1, 0.15) is 5.01 Å². The highest BCUT2D eigenvalue weighted by Crippen LogP contribution is 2.42. The molecule has 1 aromatic carbocycles. The molecule has 7 heteroatoms. The Morgan fingerprint density at radius 2 is 1.96 bits per heavy atom. The number of aromatic nitrogens is 3. The van der Waals surface area contributed by atoms with Gasteiger partial charge >= 0.3 is 0 Å². The number of carbonyl (C=O) groups excluding carboxylic acids is 1. The maximum Gasteiger partial charge on any atom is 0.229 e. The topological polar surface area (TPSA) is 65.1 Å². The Hall–Kier alpha value is -2.41. The number of piperidine rings is 2. The van der Waals surface area contributed by atoms with E-state index in [-0.39, 0.29) is 5.41 Å². The highest BCUT2D eigenvalue weighted by atomic mass is 32.1. The van der Waals surface area contributed by atoms with Gasteiger partial charge < -0.3 is 14.8 Å². The van der Waals surface area contributed by atoms with Gasteiger partial charge in [-0.15, -0.1) is 10.2 Å². The van der Waals surface area contributed by atoms with Crippen molar-refractivity contribution in [2.75, 3.05) is 24.5 Å². The van der Waals surface area contributed by atoms with Crippen LogP contribution in [0.2, 0.25) is 0 Å². The monoisotopic (exact) mass is 395 g/mol. The number of rotatable bonds is 3. The highest BCUT2D eigenvalue weighted by molar-refractivity contribution is 7.15. The van der Waals surface area contributed by atoms with Crippen LogP contribution < -0.4 is 4.90 Å². The minimum absolute atomic E-state index is 0.194. The highest BCUT2D eigenvalue weighted by Gasteiger charge is 2.46. The van der Waals surface area contributed by atoms with Gasteiger partial charge in [0.05, 0.1) is 5.41 Å². The molecule has 28 heavy (non-hydrogen) atoms. The Morgan fingerprint density at radius 1 is 1.14 bits per heavy atom. The third-order valence-electron chi connectivity index (χ3n) is 6.37. The van der Waals surface area contributed by atoms with Gasteiger partial charge in [-0.2, -0.15) is 0 Å². The van der Waals surface area contributed by atoms with E-state index in [1.807, 2.05) is 13.0 Å². The molecule has 4 heterocycles. The van der Waals surface area contributed by atoms with Crippen molar-refractivity contribution in [3.8, 4) is 0 Å². The zero-order valence-corrected chi connectivity index (χ0v) is 17.0. The molecule has 2 aromatic heterocycles. The van der Waals surface area contributed by atoms with Crippen molar-refractivity contribution in [2.45, 2.75) is 39.2 Å². The molecule has 2 fully saturated rings. The quantitative estimate of drug-likeness (QED) is 0.734. The number of fused-ring (bicyclic) bond motifs is 1. The van der Waals surface area contributed by atoms with Gasteiger partial charge in [-0.05, 0) is 44.2 Å². The Balaban J connectivity index is 1.31. The third kappa shape index (κ3) is 2.98. The number of hydrogen-bond donors (Lipinski definition) is 1. The summed E-state index contributed by atoms with van der Waals surface area (Å²) in [5, 5.41) is 11.6. The summed E-state index contributed by atoms with van der Waals surface area (Å²) in [6, 6.07) is 8.32. The smallest absolute Gasteiger partial charge is 0.229 e. The van der Waals surface area contributed by atoms with Crippen LogP contribution >= 0.6 is 11.3 Å². The second kappa shape index (κ2) is 6.88. The van der Waals surface area contributed by atoms with Crippen LogP contribution in [0.25, 0.3) is 10.9 Å². The molecule has 1 spiro atoms. The number of nitrogens with one attached hydrogen (secondary N) is 1. The molecule has 5 rings (SSSR count). The molecule has 0 bridgehead atoms. The fraction of sp³-hybridized carbons (Fsp3) is 0.476. The van der Waals surface area contributed by atoms with Crippen LogP contribution in [-0.4, -0.2) is 45.6 Å². The van der Waals surface area contributed by atoms with Gasteiger partial charge in [0, 0.05) is 43.3 Å². The molecule has 0 saturated carbocycles. The summed E-state index contributed by atoms with van der Waals surface area (Å²) in [5.41, 5.74) is 2.15. The van der Waals surface area contributed by atoms with E-state index in [0.29, 0.717) is 12.5 Å². The number of nitrogens with zero attached hydrogens (tertiary/aromatic N) is 4. The number of aryl methyl sites for hydroxylation is 1. The summed E-state index contributed by atoms with van der Waals surface area (Å²) in [6.45, 7) is 5.33. The Bertz CT molecular complexity index is 1000. The zero-order valence-electron chi connectivity index (χ0n) is 16.1. The largest absolute Gasteiger partial charge is 0.361 e. The zero-order chi connectivity index (χ0) is 19.1. The van der Waals surface area contributed by atoms with Crippen LogP contribution in [-0.2, 0) is 11.3 Å². The molecule has 2 aliphatic rings. The molecule has 6 nitrogen and oxygen atoms in total. The first-order valence-corrected chi connectivity index (χ1v) is 10.9. The van der Waals surface area contributed by atoms with Gasteiger partial charge in [0.2, 0.25) is 11.0 Å². The van der Waals surface area contributed by atoms with Crippen LogP contribution in [0.15, 0.2) is 30.5 Å². The van der Waals surface area contributed by atoms with E-state index in [1.54, 1.807) is 11.3 Å². The molecule has 2 saturated heterocycles. The van der Waals surface area contributed by atoms with Crippen LogP contribution in [0, 0.1) is 12.3 Å². The Kier molecular flexibility index (Phi) is 4.34. The minimum Gasteiger partial charge on any atom is -0.361 e. The van der Waals surface area contributed by atoms with Crippen molar-refractivity contribution in [2.24, 2.45) is 5.41 Å². The molecular weight excluding hydrogens is 370 g/mol. The molecule has 2 aliphatic heterocycles. The summed E-state index contributed by atoms with van der Waals surface area (Å²) in [7, 11) is 0. The number of carbonyl (C=O) groups is 1. The molecule has 1 amide bonds. The molecule has 3 aromatic rings. The van der Waals surface area contributed by atoms with Crippen molar-refractivity contribution in [1.82, 2.24) is 20.1 Å². The lowest BCUT2D eigenvalue weighted by atomic mass is 9.71. The molecule has 0 unspecified atom stereocenters. The summed E-state index contributed by atoms with van der Waals surface area (Å²) in [4.78, 5) is 21.2. The SMILES string of the molecule is Cc1nnc(N2CCC3(CCCN(Cc4c[nH]c5ccccc45)C3=O)CC2)s1. The van der Waals surface area contributed by atoms with E-state index < -0.39 is 0 Å². The first kappa shape index (κ1) is 17.7. The molecule has 0 radical (unpaired) electrons. The summed E-state index contributed by atoms with van der Waals surface area (Å²) in [5.74, 6) is 0.345. The van der Waals surface area contributed by atoms with Crippen molar-refractivity contribution in [3.63, 3.8) is 0 Å². The predicted molar refractivity (Wildman–Crippen MR) is 111 cm³/mol. The number of amides is 1. The fourth-order valence-corrected chi connectivity index (χ4v) is 5.51. The van der Waals surface area contributed by atoms with E-state index >= 15 is 0 Å². The lowest BCUT2D eigenvalue weighted by Crippen LogP contribution is -2.53. The lowest BCUT2D eigenvalue weighted by Gasteiger charge is -2.46. The van der Waals surface area contributed by atoms with Gasteiger partial charge in [-0.1, -0.05) is 29.5 Å². The van der Waals surface area contributed by atoms with Crippen LogP contribution in [0.1, 0.15) is 36.3 Å². The third-order valence-corrected chi connectivity index (χ3v) is 7.27. The average molecular weight is 396 g/mol. The van der Waals surface area contributed by atoms with Crippen LogP contribution in [0.5, 0.6) is 0 Å². The second-order valence-electron chi connectivity index (χ2n) is 8.06. The number of aromatic amines is 1. The predicted octanol–water partition coefficient (Wildman–Crippen LogP) is 3.74. The van der Waals surface area contributed by atoms with E-state index in [2.05, 4.69) is 49.4 Å². The maximum absolute atomic E-state index is 13.5. The van der Waals surface area contributed by atoms with Gasteiger partial charge in [-0.3, -0.25) is 4.79 Å². The lowest BCUT2D eigenvalue weighted by molar-refractivity contribution is -0.148. The molecule has 1 N–H and O–H groups in total. The standard InChI is InChI=1S/C21H25N5OS/c1-15-23-24-20(28-15)25-11-8-21(9-12-25)7-4-10-26(19(21)27)14-16-13-22-18-6-3-2-5-17(16)18/h2-3,5-6,13,22H,4,7-12,14H2,1H3. The van der Waals surface area contributed by atoms with Gasteiger partial charge in [-0.25, -0.2) is 0 Å². The van der Waals surface area contributed by atoms with E-state index in [0.717, 1.165) is 61.0 Å². The molecular formula is C21H25N5OS. The van der Waals surface area contributed by atoms with Crippen LogP contribution in [0.3, 0.4) is 0 Å². The van der Waals surface area contributed by atoms with Gasteiger partial charge in [0.15, 0.2) is 0 Å². The number of H-pyrrole nitrogens is 1. The Labute approximate surface area is 168 Å².